The lowest BCUT2D eigenvalue weighted by Crippen LogP contribution is -2.42. The third-order valence-electron chi connectivity index (χ3n) is 4.28. The summed E-state index contributed by atoms with van der Waals surface area (Å²) in [4.78, 5) is 23.4. The van der Waals surface area contributed by atoms with Gasteiger partial charge >= 0.3 is 6.09 Å². The Morgan fingerprint density at radius 3 is 2.79 bits per heavy atom. The van der Waals surface area contributed by atoms with Crippen LogP contribution in [-0.2, 0) is 4.74 Å². The lowest BCUT2D eigenvalue weighted by Gasteiger charge is -2.34. The van der Waals surface area contributed by atoms with Gasteiger partial charge < -0.3 is 9.64 Å². The van der Waals surface area contributed by atoms with Crippen molar-refractivity contribution in [3.63, 3.8) is 0 Å². The van der Waals surface area contributed by atoms with Crippen molar-refractivity contribution in [2.24, 2.45) is 0 Å². The van der Waals surface area contributed by atoms with E-state index in [0.717, 1.165) is 42.2 Å². The fraction of sp³-hybridized carbons (Fsp3) is 0.611. The number of rotatable bonds is 1. The topological polar surface area (TPSA) is 59.7 Å². The molecule has 24 heavy (non-hydrogen) atoms. The van der Waals surface area contributed by atoms with Crippen molar-refractivity contribution >= 4 is 11.6 Å². The van der Waals surface area contributed by atoms with Crippen LogP contribution in [-0.4, -0.2) is 44.1 Å². The Morgan fingerprint density at radius 2 is 2.08 bits per heavy atom. The molecule has 1 aliphatic heterocycles. The van der Waals surface area contributed by atoms with Gasteiger partial charge in [0.2, 0.25) is 0 Å². The molecule has 1 amide bonds. The van der Waals surface area contributed by atoms with Crippen molar-refractivity contribution in [2.45, 2.75) is 59.0 Å². The number of hydrogen-bond donors (Lipinski definition) is 0. The number of imidazole rings is 1. The highest BCUT2D eigenvalue weighted by Gasteiger charge is 2.30. The van der Waals surface area contributed by atoms with Gasteiger partial charge in [0.15, 0.2) is 0 Å². The summed E-state index contributed by atoms with van der Waals surface area (Å²) in [6, 6.07) is 2.04. The highest BCUT2D eigenvalue weighted by atomic mass is 16.6. The van der Waals surface area contributed by atoms with E-state index < -0.39 is 5.60 Å². The maximum Gasteiger partial charge on any atom is 0.410 e. The second kappa shape index (κ2) is 6.07. The summed E-state index contributed by atoms with van der Waals surface area (Å²) in [7, 11) is 0. The minimum absolute atomic E-state index is 0.196. The number of hydrogen-bond acceptors (Lipinski definition) is 4. The van der Waals surface area contributed by atoms with Crippen molar-refractivity contribution in [3.05, 3.63) is 29.6 Å². The summed E-state index contributed by atoms with van der Waals surface area (Å²) < 4.78 is 7.64. The second-order valence-electron chi connectivity index (χ2n) is 7.59. The molecule has 3 rings (SSSR count). The summed E-state index contributed by atoms with van der Waals surface area (Å²) in [5.41, 5.74) is 1.57. The van der Waals surface area contributed by atoms with Crippen LogP contribution in [0.1, 0.15) is 56.9 Å². The number of nitrogens with zero attached hydrogens (tertiary/aromatic N) is 4. The van der Waals surface area contributed by atoms with Crippen LogP contribution in [0.25, 0.3) is 5.52 Å². The molecule has 6 heteroatoms. The number of amides is 1. The zero-order valence-electron chi connectivity index (χ0n) is 15.2. The van der Waals surface area contributed by atoms with E-state index in [1.807, 2.05) is 51.8 Å². The Kier molecular flexibility index (Phi) is 4.24. The van der Waals surface area contributed by atoms with E-state index in [1.165, 1.54) is 0 Å². The molecular weight excluding hydrogens is 304 g/mol. The number of carbonyl (C=O) groups excluding carboxylic acids is 1. The Morgan fingerprint density at radius 1 is 1.33 bits per heavy atom. The summed E-state index contributed by atoms with van der Waals surface area (Å²) in [5.74, 6) is 2.12. The molecule has 0 N–H and O–H groups in total. The Bertz CT molecular complexity index is 760. The summed E-state index contributed by atoms with van der Waals surface area (Å²) in [6.45, 7) is 11.1. The zero-order valence-corrected chi connectivity index (χ0v) is 15.2. The smallest absolute Gasteiger partial charge is 0.410 e. The molecule has 0 aliphatic carbocycles. The molecule has 0 bridgehead atoms. The zero-order chi connectivity index (χ0) is 17.5. The molecule has 1 fully saturated rings. The van der Waals surface area contributed by atoms with Gasteiger partial charge in [-0.3, -0.25) is 4.40 Å². The average molecular weight is 330 g/mol. The van der Waals surface area contributed by atoms with Crippen LogP contribution in [0.3, 0.4) is 0 Å². The van der Waals surface area contributed by atoms with E-state index in [9.17, 15) is 4.79 Å². The number of aromatic nitrogens is 3. The fourth-order valence-electron chi connectivity index (χ4n) is 3.29. The standard InChI is InChI=1S/C18H26N4O2/c1-12-9-15-10-19-13(2)22(15)16(20-12)14-7-6-8-21(11-14)17(23)24-18(3,4)5/h9-10,14H,6-8,11H2,1-5H3/t14-/m0/s1. The van der Waals surface area contributed by atoms with E-state index >= 15 is 0 Å². The normalized spacial score (nSPS) is 18.9. The highest BCUT2D eigenvalue weighted by molar-refractivity contribution is 5.68. The lowest BCUT2D eigenvalue weighted by molar-refractivity contribution is 0.0195. The highest BCUT2D eigenvalue weighted by Crippen LogP contribution is 2.28. The molecule has 2 aromatic heterocycles. The van der Waals surface area contributed by atoms with Gasteiger partial charge in [-0.1, -0.05) is 0 Å². The minimum Gasteiger partial charge on any atom is -0.444 e. The molecule has 2 aromatic rings. The van der Waals surface area contributed by atoms with Crippen LogP contribution in [0.4, 0.5) is 4.79 Å². The molecule has 0 aromatic carbocycles. The van der Waals surface area contributed by atoms with Crippen LogP contribution >= 0.6 is 0 Å². The van der Waals surface area contributed by atoms with Crippen molar-refractivity contribution in [2.75, 3.05) is 13.1 Å². The van der Waals surface area contributed by atoms with Gasteiger partial charge in [-0.05, 0) is 53.5 Å². The largest absolute Gasteiger partial charge is 0.444 e. The number of piperidine rings is 1. The van der Waals surface area contributed by atoms with Crippen molar-refractivity contribution < 1.29 is 9.53 Å². The van der Waals surface area contributed by atoms with E-state index in [0.29, 0.717) is 6.54 Å². The predicted octanol–water partition coefficient (Wildman–Crippen LogP) is 3.46. The first kappa shape index (κ1) is 16.7. The molecule has 0 saturated carbocycles. The average Bonchev–Trinajstić information content (AvgIpc) is 2.86. The first-order valence-corrected chi connectivity index (χ1v) is 8.54. The minimum atomic E-state index is -0.472. The van der Waals surface area contributed by atoms with Crippen molar-refractivity contribution in [3.8, 4) is 0 Å². The third-order valence-corrected chi connectivity index (χ3v) is 4.28. The van der Waals surface area contributed by atoms with E-state index in [1.54, 1.807) is 0 Å². The van der Waals surface area contributed by atoms with Gasteiger partial charge in [0.1, 0.15) is 17.2 Å². The molecule has 3 heterocycles. The van der Waals surface area contributed by atoms with Gasteiger partial charge in [0, 0.05) is 24.7 Å². The molecule has 1 atom stereocenters. The molecule has 0 radical (unpaired) electrons. The third kappa shape index (κ3) is 3.37. The van der Waals surface area contributed by atoms with Crippen molar-refractivity contribution in [1.29, 1.82) is 0 Å². The predicted molar refractivity (Wildman–Crippen MR) is 92.2 cm³/mol. The number of aryl methyl sites for hydroxylation is 2. The SMILES string of the molecule is Cc1cc2cnc(C)n2c([C@H]2CCCN(C(=O)OC(C)(C)C)C2)n1. The quantitative estimate of drug-likeness (QED) is 0.803. The Labute approximate surface area is 142 Å². The van der Waals surface area contributed by atoms with Crippen LogP contribution in [0.15, 0.2) is 12.3 Å². The first-order valence-electron chi connectivity index (χ1n) is 8.54. The molecular formula is C18H26N4O2. The van der Waals surface area contributed by atoms with Crippen LogP contribution in [0.5, 0.6) is 0 Å². The van der Waals surface area contributed by atoms with Gasteiger partial charge in [-0.2, -0.15) is 0 Å². The summed E-state index contributed by atoms with van der Waals surface area (Å²) in [6.07, 6.45) is 3.61. The van der Waals surface area contributed by atoms with Crippen molar-refractivity contribution in [1.82, 2.24) is 19.3 Å². The van der Waals surface area contributed by atoms with Crippen LogP contribution in [0, 0.1) is 13.8 Å². The molecule has 6 nitrogen and oxygen atoms in total. The van der Waals surface area contributed by atoms with Gasteiger partial charge in [-0.25, -0.2) is 14.8 Å². The lowest BCUT2D eigenvalue weighted by atomic mass is 9.97. The van der Waals surface area contributed by atoms with Crippen LogP contribution in [0.2, 0.25) is 0 Å². The summed E-state index contributed by atoms with van der Waals surface area (Å²) in [5, 5.41) is 0. The van der Waals surface area contributed by atoms with Crippen LogP contribution < -0.4 is 0 Å². The molecule has 0 spiro atoms. The van der Waals surface area contributed by atoms with Gasteiger partial charge in [0.25, 0.3) is 0 Å². The first-order chi connectivity index (χ1) is 11.2. The monoisotopic (exact) mass is 330 g/mol. The fourth-order valence-corrected chi connectivity index (χ4v) is 3.29. The maximum absolute atomic E-state index is 12.4. The molecule has 0 unspecified atom stereocenters. The van der Waals surface area contributed by atoms with Gasteiger partial charge in [0.05, 0.1) is 11.7 Å². The number of carbonyl (C=O) groups is 1. The second-order valence-corrected chi connectivity index (χ2v) is 7.59. The van der Waals surface area contributed by atoms with E-state index in [4.69, 9.17) is 9.72 Å². The molecule has 1 aliphatic rings. The number of likely N-dealkylation sites (tertiary alicyclic amines) is 1. The van der Waals surface area contributed by atoms with E-state index in [-0.39, 0.29) is 12.0 Å². The molecule has 1 saturated heterocycles. The Hall–Kier alpha value is -2.11. The summed E-state index contributed by atoms with van der Waals surface area (Å²) >= 11 is 0. The maximum atomic E-state index is 12.4. The Balaban J connectivity index is 1.88. The molecule has 130 valence electrons. The number of fused-ring (bicyclic) bond motifs is 1. The number of ether oxygens (including phenoxy) is 1. The van der Waals surface area contributed by atoms with E-state index in [2.05, 4.69) is 9.38 Å². The van der Waals surface area contributed by atoms with Gasteiger partial charge in [-0.15, -0.1) is 0 Å².